The van der Waals surface area contributed by atoms with Crippen LogP contribution in [0.3, 0.4) is 0 Å². The van der Waals surface area contributed by atoms with E-state index in [2.05, 4.69) is 32.3 Å². The first-order valence-electron chi connectivity index (χ1n) is 11.0. The molecule has 0 atom stereocenters. The summed E-state index contributed by atoms with van der Waals surface area (Å²) in [6.45, 7) is 12.8. The van der Waals surface area contributed by atoms with Gasteiger partial charge < -0.3 is 29.9 Å². The van der Waals surface area contributed by atoms with Gasteiger partial charge in [0.2, 0.25) is 0 Å². The van der Waals surface area contributed by atoms with Crippen LogP contribution >= 0.6 is 0 Å². The van der Waals surface area contributed by atoms with Crippen molar-refractivity contribution in [1.82, 2.24) is 15.5 Å². The second kappa shape index (κ2) is 14.2. The topological polar surface area (TPSA) is 61.4 Å². The molecule has 0 bridgehead atoms. The third-order valence-electron chi connectivity index (χ3n) is 5.13. The largest absolute Gasteiger partial charge is 0.382 e. The first-order chi connectivity index (χ1) is 14.7. The minimum absolute atomic E-state index is 0.168. The van der Waals surface area contributed by atoms with E-state index >= 15 is 0 Å². The minimum atomic E-state index is -0.168. The molecule has 1 aliphatic rings. The number of methoxy groups -OCH3 is 1. The summed E-state index contributed by atoms with van der Waals surface area (Å²) in [5.74, 6) is 0.563. The number of nitrogens with one attached hydrogen (secondary N) is 2. The Labute approximate surface area is 180 Å². The molecule has 2 rings (SSSR count). The molecular formula is C22H38FN5O2. The molecule has 0 amide bonds. The first kappa shape index (κ1) is 24.4. The molecule has 1 aromatic carbocycles. The number of halogens is 1. The summed E-state index contributed by atoms with van der Waals surface area (Å²) in [5, 5.41) is 6.51. The molecule has 2 N–H and O–H groups in total. The Morgan fingerprint density at radius 3 is 2.57 bits per heavy atom. The number of likely N-dealkylation sites (N-methyl/N-ethyl adjacent to an activating group) is 1. The highest BCUT2D eigenvalue weighted by Crippen LogP contribution is 2.22. The lowest BCUT2D eigenvalue weighted by Crippen LogP contribution is -2.46. The maximum absolute atomic E-state index is 14.7. The highest BCUT2D eigenvalue weighted by Gasteiger charge is 2.18. The molecule has 8 heteroatoms. The molecule has 1 fully saturated rings. The van der Waals surface area contributed by atoms with Crippen molar-refractivity contribution in [3.8, 4) is 0 Å². The molecule has 1 aliphatic heterocycles. The van der Waals surface area contributed by atoms with Crippen LogP contribution in [-0.4, -0.2) is 83.6 Å². The van der Waals surface area contributed by atoms with E-state index < -0.39 is 0 Å². The van der Waals surface area contributed by atoms with Crippen molar-refractivity contribution >= 4 is 11.6 Å². The lowest BCUT2D eigenvalue weighted by molar-refractivity contribution is 0.0698. The fourth-order valence-electron chi connectivity index (χ4n) is 3.35. The van der Waals surface area contributed by atoms with Crippen LogP contribution in [0, 0.1) is 5.82 Å². The van der Waals surface area contributed by atoms with Crippen LogP contribution in [0.1, 0.15) is 25.8 Å². The van der Waals surface area contributed by atoms with E-state index in [4.69, 9.17) is 9.47 Å². The van der Waals surface area contributed by atoms with Crippen molar-refractivity contribution in [2.75, 3.05) is 77.6 Å². The summed E-state index contributed by atoms with van der Waals surface area (Å²) in [6, 6.07) is 5.47. The van der Waals surface area contributed by atoms with E-state index in [0.29, 0.717) is 32.1 Å². The van der Waals surface area contributed by atoms with E-state index in [1.165, 1.54) is 0 Å². The molecule has 1 saturated heterocycles. The molecule has 0 spiro atoms. The lowest BCUT2D eigenvalue weighted by atomic mass is 10.1. The Morgan fingerprint density at radius 1 is 1.10 bits per heavy atom. The lowest BCUT2D eigenvalue weighted by Gasteiger charge is -2.35. The molecule has 0 saturated carbocycles. The van der Waals surface area contributed by atoms with Gasteiger partial charge in [0.1, 0.15) is 5.82 Å². The van der Waals surface area contributed by atoms with Gasteiger partial charge in [-0.15, -0.1) is 0 Å². The molecule has 0 aliphatic carbocycles. The fraction of sp³-hybridized carbons (Fsp3) is 0.682. The summed E-state index contributed by atoms with van der Waals surface area (Å²) < 4.78 is 25.1. The number of ether oxygens (including phenoxy) is 2. The average Bonchev–Trinajstić information content (AvgIpc) is 2.77. The molecule has 0 unspecified atom stereocenters. The predicted molar refractivity (Wildman–Crippen MR) is 121 cm³/mol. The first-order valence-corrected chi connectivity index (χ1v) is 11.0. The number of piperazine rings is 1. The van der Waals surface area contributed by atoms with Crippen LogP contribution in [0.15, 0.2) is 23.2 Å². The maximum atomic E-state index is 14.7. The van der Waals surface area contributed by atoms with Crippen LogP contribution in [0.2, 0.25) is 0 Å². The van der Waals surface area contributed by atoms with Crippen molar-refractivity contribution in [2.45, 2.75) is 26.8 Å². The van der Waals surface area contributed by atoms with Gasteiger partial charge in [-0.25, -0.2) is 9.38 Å². The van der Waals surface area contributed by atoms with Gasteiger partial charge in [-0.3, -0.25) is 0 Å². The van der Waals surface area contributed by atoms with Crippen molar-refractivity contribution < 1.29 is 13.9 Å². The Morgan fingerprint density at radius 2 is 1.90 bits per heavy atom. The van der Waals surface area contributed by atoms with Crippen molar-refractivity contribution in [3.63, 3.8) is 0 Å². The van der Waals surface area contributed by atoms with Gasteiger partial charge in [-0.2, -0.15) is 0 Å². The molecule has 7 nitrogen and oxygen atoms in total. The van der Waals surface area contributed by atoms with Gasteiger partial charge in [-0.05, 0) is 37.6 Å². The Bertz CT molecular complexity index is 636. The Balaban J connectivity index is 1.82. The number of aliphatic imine (C=N–C) groups is 1. The number of guanidine groups is 1. The number of benzene rings is 1. The Kier molecular flexibility index (Phi) is 11.5. The molecule has 0 radical (unpaired) electrons. The van der Waals surface area contributed by atoms with E-state index in [-0.39, 0.29) is 5.82 Å². The fourth-order valence-corrected chi connectivity index (χ4v) is 3.35. The van der Waals surface area contributed by atoms with Crippen molar-refractivity contribution in [3.05, 3.63) is 29.6 Å². The molecule has 1 heterocycles. The molecular weight excluding hydrogens is 385 g/mol. The van der Waals surface area contributed by atoms with Crippen LogP contribution in [0.4, 0.5) is 10.1 Å². The zero-order valence-electron chi connectivity index (χ0n) is 18.8. The molecule has 170 valence electrons. The predicted octanol–water partition coefficient (Wildman–Crippen LogP) is 2.08. The summed E-state index contributed by atoms with van der Waals surface area (Å²) in [7, 11) is 1.66. The summed E-state index contributed by atoms with van der Waals surface area (Å²) in [5.41, 5.74) is 1.56. The number of rotatable bonds is 12. The van der Waals surface area contributed by atoms with E-state index in [0.717, 1.165) is 63.8 Å². The minimum Gasteiger partial charge on any atom is -0.382 e. The van der Waals surface area contributed by atoms with Crippen LogP contribution < -0.4 is 15.5 Å². The summed E-state index contributed by atoms with van der Waals surface area (Å²) in [6.07, 6.45) is 0.878. The van der Waals surface area contributed by atoms with E-state index in [1.54, 1.807) is 13.2 Å². The smallest absolute Gasteiger partial charge is 0.191 e. The molecule has 0 aromatic heterocycles. The van der Waals surface area contributed by atoms with Gasteiger partial charge in [0, 0.05) is 53.0 Å². The number of hydrogen-bond acceptors (Lipinski definition) is 5. The van der Waals surface area contributed by atoms with Crippen molar-refractivity contribution in [2.24, 2.45) is 4.99 Å². The van der Waals surface area contributed by atoms with Gasteiger partial charge in [0.15, 0.2) is 5.96 Å². The summed E-state index contributed by atoms with van der Waals surface area (Å²) in [4.78, 5) is 9.10. The van der Waals surface area contributed by atoms with Gasteiger partial charge in [0.05, 0.1) is 25.4 Å². The van der Waals surface area contributed by atoms with E-state index in [1.807, 2.05) is 19.1 Å². The number of hydrogen-bond donors (Lipinski definition) is 2. The normalized spacial score (nSPS) is 15.5. The average molecular weight is 424 g/mol. The van der Waals surface area contributed by atoms with Crippen LogP contribution in [0.5, 0.6) is 0 Å². The molecule has 30 heavy (non-hydrogen) atoms. The quantitative estimate of drug-likeness (QED) is 0.305. The van der Waals surface area contributed by atoms with Crippen LogP contribution in [0.25, 0.3) is 0 Å². The van der Waals surface area contributed by atoms with Gasteiger partial charge in [-0.1, -0.05) is 13.0 Å². The van der Waals surface area contributed by atoms with Crippen molar-refractivity contribution in [1.29, 1.82) is 0 Å². The number of nitrogens with zero attached hydrogens (tertiary/aromatic N) is 3. The number of anilines is 1. The molecule has 1 aromatic rings. The van der Waals surface area contributed by atoms with E-state index in [9.17, 15) is 4.39 Å². The third kappa shape index (κ3) is 8.45. The van der Waals surface area contributed by atoms with Crippen LogP contribution in [-0.2, 0) is 16.0 Å². The van der Waals surface area contributed by atoms with Gasteiger partial charge in [0.25, 0.3) is 0 Å². The highest BCUT2D eigenvalue weighted by atomic mass is 19.1. The zero-order chi connectivity index (χ0) is 21.6. The second-order valence-corrected chi connectivity index (χ2v) is 7.29. The SMILES string of the molecule is CCNC(=NCc1ccc(N2CCN(CC)CC2)c(F)c1)NCCCOCCOC. The van der Waals surface area contributed by atoms with Gasteiger partial charge >= 0.3 is 0 Å². The maximum Gasteiger partial charge on any atom is 0.191 e. The zero-order valence-corrected chi connectivity index (χ0v) is 18.8. The second-order valence-electron chi connectivity index (χ2n) is 7.29. The monoisotopic (exact) mass is 423 g/mol. The Hall–Kier alpha value is -1.90. The standard InChI is InChI=1S/C22H38FN5O2/c1-4-24-22(25-9-6-14-30-16-15-29-3)26-18-19-7-8-21(20(23)17-19)28-12-10-27(5-2)11-13-28/h7-8,17H,4-6,9-16,18H2,1-3H3,(H2,24,25,26). The summed E-state index contributed by atoms with van der Waals surface area (Å²) >= 11 is 0. The highest BCUT2D eigenvalue weighted by molar-refractivity contribution is 5.79. The third-order valence-corrected chi connectivity index (χ3v) is 5.13.